The molecule has 2 aromatic carbocycles. The van der Waals surface area contributed by atoms with E-state index in [-0.39, 0.29) is 40.9 Å². The van der Waals surface area contributed by atoms with Crippen molar-refractivity contribution >= 4 is 62.6 Å². The Morgan fingerprint density at radius 2 is 2.03 bits per heavy atom. The molecule has 1 fully saturated rings. The van der Waals surface area contributed by atoms with Crippen LogP contribution in [0.4, 0.5) is 14.9 Å². The fourth-order valence-corrected chi connectivity index (χ4v) is 6.26. The number of methoxy groups -OCH3 is 1. The first-order valence-corrected chi connectivity index (χ1v) is 13.3. The second-order valence-electron chi connectivity index (χ2n) is 9.93. The second-order valence-corrected chi connectivity index (χ2v) is 11.3. The molecule has 204 valence electrons. The highest BCUT2D eigenvalue weighted by Crippen LogP contribution is 2.40. The molecule has 0 saturated carbocycles. The highest BCUT2D eigenvalue weighted by Gasteiger charge is 2.43. The van der Waals surface area contributed by atoms with E-state index in [1.54, 1.807) is 39.0 Å². The minimum Gasteiger partial charge on any atom is -0.494 e. The fourth-order valence-electron chi connectivity index (χ4n) is 4.90. The van der Waals surface area contributed by atoms with Gasteiger partial charge < -0.3 is 20.3 Å². The molecule has 5 rings (SSSR count). The molecule has 1 saturated heterocycles. The molecular weight excluding hydrogens is 549 g/mol. The summed E-state index contributed by atoms with van der Waals surface area (Å²) in [6.07, 6.45) is 0.420. The molecule has 5 amide bonds. The summed E-state index contributed by atoms with van der Waals surface area (Å²) in [7, 11) is 1.35. The van der Waals surface area contributed by atoms with Crippen LogP contribution >= 0.6 is 22.9 Å². The molecule has 3 N–H and O–H groups in total. The maximum Gasteiger partial charge on any atom is 0.319 e. The van der Waals surface area contributed by atoms with E-state index < -0.39 is 35.4 Å². The second kappa shape index (κ2) is 9.76. The van der Waals surface area contributed by atoms with E-state index in [0.717, 1.165) is 0 Å². The number of hydrogen-bond acceptors (Lipinski definition) is 7. The van der Waals surface area contributed by atoms with Gasteiger partial charge in [-0.25, -0.2) is 14.2 Å². The van der Waals surface area contributed by atoms with Crippen LogP contribution in [0, 0.1) is 5.82 Å². The third-order valence-corrected chi connectivity index (χ3v) is 8.57. The molecule has 2 aliphatic heterocycles. The van der Waals surface area contributed by atoms with Crippen LogP contribution < -0.4 is 20.7 Å². The van der Waals surface area contributed by atoms with Crippen molar-refractivity contribution in [1.82, 2.24) is 20.5 Å². The molecule has 2 aliphatic rings. The van der Waals surface area contributed by atoms with Gasteiger partial charge in [0.1, 0.15) is 21.6 Å². The molecule has 3 heterocycles. The van der Waals surface area contributed by atoms with Crippen LogP contribution in [0.15, 0.2) is 24.3 Å². The molecular formula is C26H25ClFN5O5S. The molecule has 13 heteroatoms. The fraction of sp³-hybridized carbons (Fsp3) is 0.346. The summed E-state index contributed by atoms with van der Waals surface area (Å²) >= 11 is 7.41. The van der Waals surface area contributed by atoms with Gasteiger partial charge in [-0.1, -0.05) is 11.6 Å². The number of amides is 5. The number of halogens is 2. The Bertz CT molecular complexity index is 1560. The van der Waals surface area contributed by atoms with Gasteiger partial charge in [-0.2, -0.15) is 0 Å². The number of benzene rings is 2. The quantitative estimate of drug-likeness (QED) is 0.386. The van der Waals surface area contributed by atoms with E-state index in [9.17, 15) is 23.6 Å². The lowest BCUT2D eigenvalue weighted by Gasteiger charge is -2.32. The molecule has 3 aromatic rings. The molecule has 1 aromatic heterocycles. The van der Waals surface area contributed by atoms with Gasteiger partial charge in [-0.3, -0.25) is 19.7 Å². The number of carbonyl (C=O) groups is 4. The van der Waals surface area contributed by atoms with Crippen LogP contribution in [0.5, 0.6) is 5.75 Å². The van der Waals surface area contributed by atoms with Gasteiger partial charge in [0, 0.05) is 23.7 Å². The highest BCUT2D eigenvalue weighted by molar-refractivity contribution is 7.18. The molecule has 0 radical (unpaired) electrons. The number of imide groups is 1. The Hall–Kier alpha value is -3.77. The maximum absolute atomic E-state index is 14.4. The van der Waals surface area contributed by atoms with Crippen molar-refractivity contribution in [3.05, 3.63) is 51.2 Å². The summed E-state index contributed by atoms with van der Waals surface area (Å²) in [4.78, 5) is 55.9. The highest BCUT2D eigenvalue weighted by atomic mass is 35.5. The van der Waals surface area contributed by atoms with Gasteiger partial charge in [0.15, 0.2) is 11.6 Å². The average molecular weight is 574 g/mol. The molecule has 2 atom stereocenters. The van der Waals surface area contributed by atoms with Gasteiger partial charge in [0.05, 0.1) is 23.4 Å². The number of hydrogen-bond donors (Lipinski definition) is 3. The monoisotopic (exact) mass is 573 g/mol. The summed E-state index contributed by atoms with van der Waals surface area (Å²) in [5.41, 5.74) is 0.892. The van der Waals surface area contributed by atoms with Crippen LogP contribution in [-0.4, -0.2) is 46.8 Å². The molecule has 0 bridgehead atoms. The average Bonchev–Trinajstić information content (AvgIpc) is 3.41. The number of carbonyl (C=O) groups excluding carboxylic acids is 4. The first-order valence-electron chi connectivity index (χ1n) is 12.1. The van der Waals surface area contributed by atoms with E-state index in [4.69, 9.17) is 16.3 Å². The van der Waals surface area contributed by atoms with E-state index in [1.807, 2.05) is 0 Å². The summed E-state index contributed by atoms with van der Waals surface area (Å²) in [6.45, 7) is 5.32. The van der Waals surface area contributed by atoms with Crippen LogP contribution in [-0.2, 0) is 15.1 Å². The lowest BCUT2D eigenvalue weighted by atomic mass is 10.0. The van der Waals surface area contributed by atoms with Gasteiger partial charge in [0.25, 0.3) is 5.91 Å². The Morgan fingerprint density at radius 1 is 1.28 bits per heavy atom. The molecule has 10 nitrogen and oxygen atoms in total. The number of ether oxygens (including phenoxy) is 1. The molecule has 0 spiro atoms. The van der Waals surface area contributed by atoms with Crippen molar-refractivity contribution in [2.24, 2.45) is 0 Å². The van der Waals surface area contributed by atoms with E-state index in [0.29, 0.717) is 26.5 Å². The number of urea groups is 1. The van der Waals surface area contributed by atoms with Crippen molar-refractivity contribution in [3.8, 4) is 5.75 Å². The largest absolute Gasteiger partial charge is 0.494 e. The van der Waals surface area contributed by atoms with Crippen molar-refractivity contribution in [1.29, 1.82) is 0 Å². The zero-order valence-electron chi connectivity index (χ0n) is 21.5. The third kappa shape index (κ3) is 4.67. The van der Waals surface area contributed by atoms with Crippen LogP contribution in [0.25, 0.3) is 10.2 Å². The SMILES string of the molecule is COc1cc2sc(C(C)(C)NC(=O)Nc3ccc4c(c3)[C@H](C)N([C@@H]3CCC(=O)NC3=O)C4=O)nc2c(Cl)c1F. The minimum absolute atomic E-state index is 0.00620. The lowest BCUT2D eigenvalue weighted by Crippen LogP contribution is -2.53. The zero-order chi connectivity index (χ0) is 28.2. The standard InChI is InChI=1S/C26H25ClFN5O5S/c1-11-14-9-12(5-6-13(14)23(36)33(11)15-7-8-18(34)30-22(15)35)29-25(37)32-26(2,3)24-31-21-17(39-24)10-16(38-4)20(28)19(21)27/h5-6,9-11,15H,7-8H2,1-4H3,(H2,29,32,37)(H,30,34,35)/t11-,15+/m0/s1. The van der Waals surface area contributed by atoms with Crippen molar-refractivity contribution in [2.45, 2.75) is 51.2 Å². The Labute approximate surface area is 231 Å². The van der Waals surface area contributed by atoms with Gasteiger partial charge in [-0.15, -0.1) is 11.3 Å². The first kappa shape index (κ1) is 26.8. The van der Waals surface area contributed by atoms with Crippen LogP contribution in [0.2, 0.25) is 5.02 Å². The number of nitrogens with one attached hydrogen (secondary N) is 3. The molecule has 39 heavy (non-hydrogen) atoms. The Morgan fingerprint density at radius 3 is 2.72 bits per heavy atom. The molecule has 0 aliphatic carbocycles. The van der Waals surface area contributed by atoms with E-state index >= 15 is 0 Å². The zero-order valence-corrected chi connectivity index (χ0v) is 23.1. The lowest BCUT2D eigenvalue weighted by molar-refractivity contribution is -0.137. The Balaban J connectivity index is 1.32. The number of anilines is 1. The van der Waals surface area contributed by atoms with Crippen molar-refractivity contribution < 1.29 is 28.3 Å². The smallest absolute Gasteiger partial charge is 0.319 e. The normalized spacial score (nSPS) is 19.2. The van der Waals surface area contributed by atoms with Crippen LogP contribution in [0.3, 0.4) is 0 Å². The minimum atomic E-state index is -0.941. The van der Waals surface area contributed by atoms with E-state index in [2.05, 4.69) is 20.9 Å². The number of rotatable bonds is 5. The van der Waals surface area contributed by atoms with Gasteiger partial charge in [0.2, 0.25) is 11.8 Å². The predicted octanol–water partition coefficient (Wildman–Crippen LogP) is 4.48. The number of nitrogens with zero attached hydrogens (tertiary/aromatic N) is 2. The topological polar surface area (TPSA) is 130 Å². The number of thiazole rings is 1. The van der Waals surface area contributed by atoms with E-state index in [1.165, 1.54) is 29.4 Å². The third-order valence-electron chi connectivity index (χ3n) is 6.90. The Kier molecular flexibility index (Phi) is 6.71. The number of fused-ring (bicyclic) bond motifs is 2. The number of piperidine rings is 1. The van der Waals surface area contributed by atoms with Gasteiger partial charge in [-0.05, 0) is 51.0 Å². The molecule has 0 unspecified atom stereocenters. The predicted molar refractivity (Wildman–Crippen MR) is 144 cm³/mol. The summed E-state index contributed by atoms with van der Waals surface area (Å²) in [5.74, 6) is -1.84. The first-order chi connectivity index (χ1) is 18.4. The van der Waals surface area contributed by atoms with Gasteiger partial charge >= 0.3 is 6.03 Å². The van der Waals surface area contributed by atoms with Crippen LogP contribution in [0.1, 0.15) is 60.6 Å². The van der Waals surface area contributed by atoms with Crippen molar-refractivity contribution in [3.63, 3.8) is 0 Å². The number of aromatic nitrogens is 1. The maximum atomic E-state index is 14.4. The summed E-state index contributed by atoms with van der Waals surface area (Å²) in [6, 6.07) is 4.74. The van der Waals surface area contributed by atoms with Crippen molar-refractivity contribution in [2.75, 3.05) is 12.4 Å². The summed E-state index contributed by atoms with van der Waals surface area (Å²) in [5, 5.41) is 8.30. The summed E-state index contributed by atoms with van der Waals surface area (Å²) < 4.78 is 20.0.